The lowest BCUT2D eigenvalue weighted by atomic mass is 10.1. The Balaban J connectivity index is 1.29. The molecule has 0 radical (unpaired) electrons. The molecule has 1 N–H and O–H groups in total. The average Bonchev–Trinajstić information content (AvgIpc) is 2.82. The Bertz CT molecular complexity index is 1270. The number of ether oxygens (including phenoxy) is 2. The fourth-order valence-electron chi connectivity index (χ4n) is 3.08. The van der Waals surface area contributed by atoms with Gasteiger partial charge >= 0.3 is 5.63 Å². The zero-order valence-electron chi connectivity index (χ0n) is 17.4. The van der Waals surface area contributed by atoms with Crippen LogP contribution in [0.5, 0.6) is 11.6 Å². The smallest absolute Gasteiger partial charge is 0.349 e. The predicted molar refractivity (Wildman–Crippen MR) is 119 cm³/mol. The zero-order valence-corrected chi connectivity index (χ0v) is 17.4. The highest BCUT2D eigenvalue weighted by molar-refractivity contribution is 5.96. The minimum Gasteiger partial charge on any atom is -0.494 e. The van der Waals surface area contributed by atoms with Gasteiger partial charge < -0.3 is 19.2 Å². The van der Waals surface area contributed by atoms with E-state index in [9.17, 15) is 9.59 Å². The number of para-hydroxylation sites is 1. The van der Waals surface area contributed by atoms with Crippen LogP contribution >= 0.6 is 0 Å². The Morgan fingerprint density at radius 1 is 1.00 bits per heavy atom. The summed E-state index contributed by atoms with van der Waals surface area (Å²) in [6.45, 7) is 2.90. The van der Waals surface area contributed by atoms with E-state index in [2.05, 4.69) is 15.5 Å². The van der Waals surface area contributed by atoms with Gasteiger partial charge in [0, 0.05) is 17.0 Å². The van der Waals surface area contributed by atoms with Gasteiger partial charge in [0.2, 0.25) is 5.88 Å². The number of hydrogen-bond donors (Lipinski definition) is 1. The minimum absolute atomic E-state index is 0.0526. The molecule has 0 fully saturated rings. The normalized spacial score (nSPS) is 10.7. The van der Waals surface area contributed by atoms with Gasteiger partial charge in [-0.3, -0.25) is 4.79 Å². The van der Waals surface area contributed by atoms with Gasteiger partial charge in [-0.1, -0.05) is 18.2 Å². The molecular weight excluding hydrogens is 410 g/mol. The van der Waals surface area contributed by atoms with Crippen LogP contribution in [0.15, 0.2) is 75.9 Å². The van der Waals surface area contributed by atoms with Crippen molar-refractivity contribution in [3.05, 3.63) is 82.7 Å². The lowest BCUT2D eigenvalue weighted by Gasteiger charge is -2.08. The van der Waals surface area contributed by atoms with Crippen molar-refractivity contribution in [3.8, 4) is 22.9 Å². The maximum Gasteiger partial charge on any atom is 0.349 e. The molecule has 0 aliphatic rings. The number of nitrogens with one attached hydrogen (secondary N) is 1. The molecule has 4 rings (SSSR count). The van der Waals surface area contributed by atoms with Gasteiger partial charge in [-0.15, -0.1) is 10.2 Å². The molecule has 2 aromatic heterocycles. The zero-order chi connectivity index (χ0) is 22.3. The standard InChI is InChI=1S/C24H21N3O5/c1-2-30-18-9-7-16(8-10-18)20-11-12-22(27-26-20)31-14-13-25-23(28)19-15-17-5-3-4-6-21(17)32-24(19)29/h3-12,15H,2,13-14H2,1H3,(H,25,28). The highest BCUT2D eigenvalue weighted by atomic mass is 16.5. The molecule has 4 aromatic rings. The van der Waals surface area contributed by atoms with Gasteiger partial charge in [-0.25, -0.2) is 4.79 Å². The molecule has 2 heterocycles. The first-order valence-electron chi connectivity index (χ1n) is 10.1. The molecule has 1 amide bonds. The molecule has 8 heteroatoms. The molecule has 0 saturated heterocycles. The van der Waals surface area contributed by atoms with Gasteiger partial charge in [0.15, 0.2) is 0 Å². The van der Waals surface area contributed by atoms with Crippen molar-refractivity contribution in [2.45, 2.75) is 6.92 Å². The van der Waals surface area contributed by atoms with E-state index in [1.807, 2.05) is 31.2 Å². The summed E-state index contributed by atoms with van der Waals surface area (Å²) in [6, 6.07) is 19.6. The number of fused-ring (bicyclic) bond motifs is 1. The Morgan fingerprint density at radius 3 is 2.56 bits per heavy atom. The third-order valence-corrected chi connectivity index (χ3v) is 4.62. The van der Waals surface area contributed by atoms with Gasteiger partial charge in [0.1, 0.15) is 23.5 Å². The number of rotatable bonds is 8. The van der Waals surface area contributed by atoms with Crippen LogP contribution in [0.25, 0.3) is 22.2 Å². The minimum atomic E-state index is -0.683. The average molecular weight is 431 g/mol. The second-order valence-electron chi connectivity index (χ2n) is 6.80. The number of amides is 1. The Morgan fingerprint density at radius 2 is 1.81 bits per heavy atom. The monoisotopic (exact) mass is 431 g/mol. The third-order valence-electron chi connectivity index (χ3n) is 4.62. The van der Waals surface area contributed by atoms with Crippen molar-refractivity contribution in [1.29, 1.82) is 0 Å². The molecule has 0 aliphatic heterocycles. The van der Waals surface area contributed by atoms with Gasteiger partial charge in [0.25, 0.3) is 5.91 Å². The molecule has 0 bridgehead atoms. The van der Waals surface area contributed by atoms with E-state index in [1.54, 1.807) is 36.4 Å². The SMILES string of the molecule is CCOc1ccc(-c2ccc(OCCNC(=O)c3cc4ccccc4oc3=O)nn2)cc1. The van der Waals surface area contributed by atoms with Crippen molar-refractivity contribution in [3.63, 3.8) is 0 Å². The molecule has 0 spiro atoms. The van der Waals surface area contributed by atoms with Crippen molar-refractivity contribution >= 4 is 16.9 Å². The summed E-state index contributed by atoms with van der Waals surface area (Å²) in [5, 5.41) is 11.5. The Labute approximate surface area is 183 Å². The van der Waals surface area contributed by atoms with E-state index in [0.717, 1.165) is 11.3 Å². The molecule has 0 aliphatic carbocycles. The first-order chi connectivity index (χ1) is 15.6. The summed E-state index contributed by atoms with van der Waals surface area (Å²) in [6.07, 6.45) is 0. The summed E-state index contributed by atoms with van der Waals surface area (Å²) in [7, 11) is 0. The molecule has 0 atom stereocenters. The van der Waals surface area contributed by atoms with E-state index in [4.69, 9.17) is 13.9 Å². The maximum atomic E-state index is 12.3. The van der Waals surface area contributed by atoms with Crippen LogP contribution in [-0.4, -0.2) is 35.9 Å². The molecule has 8 nitrogen and oxygen atoms in total. The second-order valence-corrected chi connectivity index (χ2v) is 6.80. The summed E-state index contributed by atoms with van der Waals surface area (Å²) in [5.74, 6) is 0.608. The van der Waals surface area contributed by atoms with Crippen LogP contribution in [0.1, 0.15) is 17.3 Å². The first-order valence-corrected chi connectivity index (χ1v) is 10.1. The predicted octanol–water partition coefficient (Wildman–Crippen LogP) is 3.46. The quantitative estimate of drug-likeness (QED) is 0.337. The summed E-state index contributed by atoms with van der Waals surface area (Å²) < 4.78 is 16.1. The van der Waals surface area contributed by atoms with E-state index in [-0.39, 0.29) is 18.7 Å². The third kappa shape index (κ3) is 4.92. The van der Waals surface area contributed by atoms with Crippen LogP contribution in [0, 0.1) is 0 Å². The van der Waals surface area contributed by atoms with Gasteiger partial charge in [0.05, 0.1) is 18.8 Å². The van der Waals surface area contributed by atoms with Crippen LogP contribution in [0.4, 0.5) is 0 Å². The van der Waals surface area contributed by atoms with Crippen LogP contribution in [0.3, 0.4) is 0 Å². The summed E-state index contributed by atoms with van der Waals surface area (Å²) in [5.41, 5.74) is 1.32. The topological polar surface area (TPSA) is 104 Å². The van der Waals surface area contributed by atoms with E-state index < -0.39 is 11.5 Å². The number of hydrogen-bond acceptors (Lipinski definition) is 7. The molecule has 2 aromatic carbocycles. The fourth-order valence-corrected chi connectivity index (χ4v) is 3.08. The van der Waals surface area contributed by atoms with Crippen LogP contribution < -0.4 is 20.4 Å². The maximum absolute atomic E-state index is 12.3. The molecule has 32 heavy (non-hydrogen) atoms. The molecule has 0 saturated carbocycles. The molecular formula is C24H21N3O5. The Hall–Kier alpha value is -4.20. The highest BCUT2D eigenvalue weighted by Crippen LogP contribution is 2.21. The molecule has 162 valence electrons. The number of benzene rings is 2. The van der Waals surface area contributed by atoms with Crippen molar-refractivity contribution in [2.75, 3.05) is 19.8 Å². The second kappa shape index (κ2) is 9.74. The Kier molecular flexibility index (Phi) is 6.41. The summed E-state index contributed by atoms with van der Waals surface area (Å²) >= 11 is 0. The number of aromatic nitrogens is 2. The first kappa shape index (κ1) is 21.0. The van der Waals surface area contributed by atoms with Crippen LogP contribution in [0.2, 0.25) is 0 Å². The lowest BCUT2D eigenvalue weighted by molar-refractivity contribution is 0.0943. The lowest BCUT2D eigenvalue weighted by Crippen LogP contribution is -2.31. The van der Waals surface area contributed by atoms with Gasteiger partial charge in [-0.2, -0.15) is 0 Å². The number of nitrogens with zero attached hydrogens (tertiary/aromatic N) is 2. The van der Waals surface area contributed by atoms with E-state index >= 15 is 0 Å². The van der Waals surface area contributed by atoms with Crippen molar-refractivity contribution < 1.29 is 18.7 Å². The van der Waals surface area contributed by atoms with Crippen LogP contribution in [-0.2, 0) is 0 Å². The van der Waals surface area contributed by atoms with Crippen molar-refractivity contribution in [2.24, 2.45) is 0 Å². The molecule has 0 unspecified atom stereocenters. The fraction of sp³-hybridized carbons (Fsp3) is 0.167. The summed E-state index contributed by atoms with van der Waals surface area (Å²) in [4.78, 5) is 24.4. The van der Waals surface area contributed by atoms with Gasteiger partial charge in [-0.05, 0) is 49.4 Å². The largest absolute Gasteiger partial charge is 0.494 e. The highest BCUT2D eigenvalue weighted by Gasteiger charge is 2.13. The number of carbonyl (C=O) groups is 1. The van der Waals surface area contributed by atoms with E-state index in [0.29, 0.717) is 29.2 Å². The van der Waals surface area contributed by atoms with E-state index in [1.165, 1.54) is 6.07 Å². The van der Waals surface area contributed by atoms with Crippen molar-refractivity contribution in [1.82, 2.24) is 15.5 Å². The number of carbonyl (C=O) groups excluding carboxylic acids is 1.